The lowest BCUT2D eigenvalue weighted by Gasteiger charge is -2.00. The van der Waals surface area contributed by atoms with Crippen molar-refractivity contribution in [1.29, 1.82) is 0 Å². The molecule has 0 rings (SSSR count). The molecular weight excluding hydrogens is 362 g/mol. The Labute approximate surface area is 87.6 Å². The van der Waals surface area contributed by atoms with E-state index >= 15 is 0 Å². The summed E-state index contributed by atoms with van der Waals surface area (Å²) in [5.41, 5.74) is 0. The highest BCUT2D eigenvalue weighted by Gasteiger charge is 1.93. The van der Waals surface area contributed by atoms with Crippen LogP contribution in [0, 0.1) is 0 Å². The summed E-state index contributed by atoms with van der Waals surface area (Å²) in [4.78, 5) is 10.5. The highest BCUT2D eigenvalue weighted by atomic mass is 127. The lowest BCUT2D eigenvalue weighted by Crippen LogP contribution is -2.30. The number of hydrogen-bond donors (Lipinski definition) is 2. The molecule has 0 heterocycles. The van der Waals surface area contributed by atoms with E-state index in [9.17, 15) is 4.79 Å². The fourth-order valence-corrected chi connectivity index (χ4v) is 0.864. The van der Waals surface area contributed by atoms with Crippen molar-refractivity contribution in [3.8, 4) is 0 Å². The summed E-state index contributed by atoms with van der Waals surface area (Å²) >= 11 is 3.60. The first kappa shape index (κ1) is 10.7. The van der Waals surface area contributed by atoms with Crippen molar-refractivity contribution in [2.75, 3.05) is 13.2 Å². The van der Waals surface area contributed by atoms with Gasteiger partial charge in [-0.25, -0.2) is 4.79 Å². The largest absolute Gasteiger partial charge is 0.337 e. The summed E-state index contributed by atoms with van der Waals surface area (Å²) in [7, 11) is 0. The number of halogens is 2. The molecule has 60 valence electrons. The van der Waals surface area contributed by atoms with Gasteiger partial charge in [0.05, 0.1) is 29.5 Å². The molecule has 0 atom stereocenters. The molecule has 0 saturated heterocycles. The predicted molar refractivity (Wildman–Crippen MR) is 55.1 cm³/mol. The highest BCUT2D eigenvalue weighted by Crippen LogP contribution is 1.87. The second kappa shape index (κ2) is 7.79. The molecule has 0 aliphatic rings. The molecule has 0 bridgehead atoms. The molecule has 2 N–H and O–H groups in total. The molecule has 0 spiro atoms. The Bertz CT molecular complexity index is 101. The summed E-state index contributed by atoms with van der Waals surface area (Å²) in [5, 5.41) is 2.63. The molecule has 4 nitrogen and oxygen atoms in total. The zero-order chi connectivity index (χ0) is 7.82. The van der Waals surface area contributed by atoms with Crippen LogP contribution in [0.3, 0.4) is 0 Å². The van der Waals surface area contributed by atoms with Gasteiger partial charge in [0.2, 0.25) is 0 Å². The fourth-order valence-electron chi connectivity index (χ4n) is 0.362. The zero-order valence-corrected chi connectivity index (χ0v) is 9.51. The van der Waals surface area contributed by atoms with Crippen LogP contribution in [-0.4, -0.2) is 19.2 Å². The van der Waals surface area contributed by atoms with Crippen molar-refractivity contribution in [3.05, 3.63) is 0 Å². The first-order valence-corrected chi connectivity index (χ1v) is 4.65. The zero-order valence-electron chi connectivity index (χ0n) is 5.19. The number of hydrogen-bond acceptors (Lipinski definition) is 2. The van der Waals surface area contributed by atoms with Gasteiger partial charge < -0.3 is 8.38 Å². The smallest absolute Gasteiger partial charge is 0.323 e. The molecule has 0 aliphatic heterocycles. The van der Waals surface area contributed by atoms with Crippen LogP contribution < -0.4 is 8.85 Å². The van der Waals surface area contributed by atoms with Crippen molar-refractivity contribution in [2.24, 2.45) is 0 Å². The molecule has 0 radical (unpaired) electrons. The standard InChI is InChI=1S/C4H8I2N2O2/c5-8-4(9)7-2-1-3-10-6/h1-3H2,(H2,7,8,9). The quantitative estimate of drug-likeness (QED) is 0.447. The molecule has 2 amide bonds. The maximum atomic E-state index is 10.5. The first-order valence-electron chi connectivity index (χ1n) is 2.69. The van der Waals surface area contributed by atoms with E-state index in [1.807, 2.05) is 23.0 Å². The van der Waals surface area contributed by atoms with Crippen LogP contribution >= 0.6 is 45.9 Å². The van der Waals surface area contributed by atoms with Gasteiger partial charge in [-0.1, -0.05) is 0 Å². The van der Waals surface area contributed by atoms with Crippen molar-refractivity contribution >= 4 is 51.9 Å². The summed E-state index contributed by atoms with van der Waals surface area (Å²) in [5.74, 6) is 0. The average Bonchev–Trinajstić information content (AvgIpc) is 1.98. The molecule has 0 unspecified atom stereocenters. The Balaban J connectivity index is 2.96. The number of carbonyl (C=O) groups excluding carboxylic acids is 1. The Morgan fingerprint density at radius 3 is 2.80 bits per heavy atom. The Hall–Kier alpha value is 0.690. The normalized spacial score (nSPS) is 9.00. The van der Waals surface area contributed by atoms with Crippen LogP contribution in [0.15, 0.2) is 0 Å². The van der Waals surface area contributed by atoms with Crippen molar-refractivity contribution in [2.45, 2.75) is 6.42 Å². The molecular formula is C4H8I2N2O2. The van der Waals surface area contributed by atoms with Gasteiger partial charge in [-0.15, -0.1) is 0 Å². The summed E-state index contributed by atoms with van der Waals surface area (Å²) in [6.45, 7) is 1.32. The van der Waals surface area contributed by atoms with Crippen LogP contribution in [0.25, 0.3) is 0 Å². The second-order valence-corrected chi connectivity index (χ2v) is 2.68. The van der Waals surface area contributed by atoms with Crippen LogP contribution in [0.1, 0.15) is 6.42 Å². The molecule has 0 aromatic heterocycles. The molecule has 0 aromatic carbocycles. The minimum absolute atomic E-state index is 0.158. The van der Waals surface area contributed by atoms with E-state index in [0.717, 1.165) is 6.42 Å². The van der Waals surface area contributed by atoms with Gasteiger partial charge in [0, 0.05) is 6.54 Å². The van der Waals surface area contributed by atoms with E-state index in [1.165, 1.54) is 0 Å². The van der Waals surface area contributed by atoms with Gasteiger partial charge in [0.15, 0.2) is 0 Å². The van der Waals surface area contributed by atoms with E-state index in [0.29, 0.717) is 13.2 Å². The van der Waals surface area contributed by atoms with Gasteiger partial charge >= 0.3 is 6.03 Å². The number of rotatable bonds is 4. The maximum absolute atomic E-state index is 10.5. The van der Waals surface area contributed by atoms with Crippen molar-refractivity contribution in [1.82, 2.24) is 8.85 Å². The monoisotopic (exact) mass is 370 g/mol. The predicted octanol–water partition coefficient (Wildman–Crippen LogP) is 1.39. The molecule has 0 aromatic rings. The minimum Gasteiger partial charge on any atom is -0.337 e. The summed E-state index contributed by atoms with van der Waals surface area (Å²) in [6.07, 6.45) is 0.840. The Morgan fingerprint density at radius 1 is 1.60 bits per heavy atom. The highest BCUT2D eigenvalue weighted by molar-refractivity contribution is 14.1. The lowest BCUT2D eigenvalue weighted by atomic mass is 10.4. The number of urea groups is 1. The topological polar surface area (TPSA) is 50.4 Å². The number of nitrogens with one attached hydrogen (secondary N) is 2. The van der Waals surface area contributed by atoms with Crippen molar-refractivity contribution in [3.63, 3.8) is 0 Å². The molecule has 10 heavy (non-hydrogen) atoms. The third-order valence-electron chi connectivity index (χ3n) is 0.770. The van der Waals surface area contributed by atoms with Crippen LogP contribution in [-0.2, 0) is 3.07 Å². The van der Waals surface area contributed by atoms with E-state index < -0.39 is 0 Å². The van der Waals surface area contributed by atoms with Crippen LogP contribution in [0.4, 0.5) is 4.79 Å². The van der Waals surface area contributed by atoms with E-state index in [1.54, 1.807) is 22.9 Å². The van der Waals surface area contributed by atoms with Gasteiger partial charge in [-0.2, -0.15) is 0 Å². The summed E-state index contributed by atoms with van der Waals surface area (Å²) in [6, 6.07) is -0.158. The SMILES string of the molecule is O=C(NI)NCCCOI. The minimum atomic E-state index is -0.158. The fraction of sp³-hybridized carbons (Fsp3) is 0.750. The molecule has 6 heteroatoms. The van der Waals surface area contributed by atoms with Gasteiger partial charge in [0.1, 0.15) is 23.0 Å². The number of amides is 2. The van der Waals surface area contributed by atoms with Gasteiger partial charge in [0.25, 0.3) is 0 Å². The number of carbonyl (C=O) groups is 1. The van der Waals surface area contributed by atoms with Gasteiger partial charge in [-0.05, 0) is 6.42 Å². The van der Waals surface area contributed by atoms with Crippen molar-refractivity contribution < 1.29 is 7.86 Å². The Kier molecular flexibility index (Phi) is 8.33. The van der Waals surface area contributed by atoms with E-state index in [2.05, 4.69) is 8.85 Å². The first-order chi connectivity index (χ1) is 4.81. The van der Waals surface area contributed by atoms with Crippen LogP contribution in [0.2, 0.25) is 0 Å². The van der Waals surface area contributed by atoms with Gasteiger partial charge in [-0.3, -0.25) is 3.53 Å². The second-order valence-electron chi connectivity index (χ2n) is 1.52. The van der Waals surface area contributed by atoms with E-state index in [4.69, 9.17) is 3.07 Å². The third-order valence-corrected chi connectivity index (χ3v) is 1.70. The molecule has 0 fully saturated rings. The van der Waals surface area contributed by atoms with E-state index in [-0.39, 0.29) is 6.03 Å². The average molecular weight is 370 g/mol. The molecule has 0 aliphatic carbocycles. The summed E-state index contributed by atoms with van der Waals surface area (Å²) < 4.78 is 7.17. The van der Waals surface area contributed by atoms with Crippen LogP contribution in [0.5, 0.6) is 0 Å². The third kappa shape index (κ3) is 6.81. The Morgan fingerprint density at radius 2 is 2.30 bits per heavy atom. The maximum Gasteiger partial charge on any atom is 0.323 e. The molecule has 0 saturated carbocycles. The lowest BCUT2D eigenvalue weighted by molar-refractivity contribution is 0.246.